The fourth-order valence-electron chi connectivity index (χ4n) is 3.91. The van der Waals surface area contributed by atoms with Gasteiger partial charge in [-0.2, -0.15) is 9.97 Å². The van der Waals surface area contributed by atoms with Crippen LogP contribution >= 0.6 is 11.6 Å². The van der Waals surface area contributed by atoms with Crippen molar-refractivity contribution in [3.63, 3.8) is 0 Å². The topological polar surface area (TPSA) is 103 Å². The molecule has 0 fully saturated rings. The summed E-state index contributed by atoms with van der Waals surface area (Å²) in [6.45, 7) is 7.37. The Hall–Kier alpha value is -3.79. The Morgan fingerprint density at radius 1 is 1.22 bits per heavy atom. The highest BCUT2D eigenvalue weighted by molar-refractivity contribution is 6.28. The standard InChI is InChI=1S/C26H29ClFN5O4/c1-15(30-25(34)37-26(2,3)4)13-19-21(28)20-22(29-14-18-7-6-12-36-18)31-24(27)32-23(20)33(19)16-8-10-17(35-5)11-9-16/h6-12,15H,13-14H2,1-5H3,(H,30,34)(H,29,31,32)/t15-/m0/s1. The number of hydrogen-bond donors (Lipinski definition) is 2. The number of carbonyl (C=O) groups excluding carboxylic acids is 1. The maximum atomic E-state index is 16.2. The van der Waals surface area contributed by atoms with Crippen molar-refractivity contribution >= 4 is 34.5 Å². The van der Waals surface area contributed by atoms with E-state index in [-0.39, 0.29) is 35.1 Å². The lowest BCUT2D eigenvalue weighted by Crippen LogP contribution is -2.39. The van der Waals surface area contributed by atoms with Crippen molar-refractivity contribution < 1.29 is 23.1 Å². The first kappa shape index (κ1) is 26.3. The molecular formula is C26H29ClFN5O4. The molecule has 37 heavy (non-hydrogen) atoms. The van der Waals surface area contributed by atoms with Gasteiger partial charge in [0.15, 0.2) is 11.5 Å². The van der Waals surface area contributed by atoms with Crippen LogP contribution in [0, 0.1) is 5.82 Å². The molecule has 0 aliphatic rings. The van der Waals surface area contributed by atoms with E-state index in [9.17, 15) is 4.79 Å². The number of nitrogens with one attached hydrogen (secondary N) is 2. The van der Waals surface area contributed by atoms with E-state index in [2.05, 4.69) is 20.6 Å². The predicted molar refractivity (Wildman–Crippen MR) is 139 cm³/mol. The second-order valence-corrected chi connectivity index (χ2v) is 9.86. The number of halogens is 2. The van der Waals surface area contributed by atoms with E-state index < -0.39 is 23.6 Å². The van der Waals surface area contributed by atoms with Crippen molar-refractivity contribution in [3.8, 4) is 11.4 Å². The highest BCUT2D eigenvalue weighted by Gasteiger charge is 2.26. The Kier molecular flexibility index (Phi) is 7.58. The molecule has 0 unspecified atom stereocenters. The Morgan fingerprint density at radius 2 is 1.95 bits per heavy atom. The van der Waals surface area contributed by atoms with Crippen molar-refractivity contribution in [2.75, 3.05) is 12.4 Å². The molecule has 11 heteroatoms. The van der Waals surface area contributed by atoms with Crippen LogP contribution in [0.1, 0.15) is 39.1 Å². The third-order valence-electron chi connectivity index (χ3n) is 5.42. The molecule has 0 aliphatic heterocycles. The van der Waals surface area contributed by atoms with Gasteiger partial charge < -0.3 is 24.5 Å². The minimum atomic E-state index is -0.659. The fraction of sp³-hybridized carbons (Fsp3) is 0.346. The molecule has 0 saturated carbocycles. The predicted octanol–water partition coefficient (Wildman–Crippen LogP) is 5.88. The molecule has 196 valence electrons. The molecule has 4 aromatic rings. The molecule has 3 heterocycles. The number of alkyl carbamates (subject to hydrolysis) is 1. The summed E-state index contributed by atoms with van der Waals surface area (Å²) in [5, 5.41) is 6.00. The van der Waals surface area contributed by atoms with E-state index in [1.807, 2.05) is 0 Å². The summed E-state index contributed by atoms with van der Waals surface area (Å²) in [4.78, 5) is 20.9. The van der Waals surface area contributed by atoms with E-state index in [4.69, 9.17) is 25.5 Å². The highest BCUT2D eigenvalue weighted by Crippen LogP contribution is 2.34. The van der Waals surface area contributed by atoms with Crippen LogP contribution < -0.4 is 15.4 Å². The zero-order valence-corrected chi connectivity index (χ0v) is 22.0. The summed E-state index contributed by atoms with van der Waals surface area (Å²) in [7, 11) is 1.57. The van der Waals surface area contributed by atoms with Crippen LogP contribution in [0.3, 0.4) is 0 Å². The van der Waals surface area contributed by atoms with Crippen LogP contribution in [0.5, 0.6) is 5.75 Å². The van der Waals surface area contributed by atoms with Gasteiger partial charge in [-0.1, -0.05) is 0 Å². The molecular weight excluding hydrogens is 501 g/mol. The molecule has 0 bridgehead atoms. The van der Waals surface area contributed by atoms with Crippen molar-refractivity contribution in [1.29, 1.82) is 0 Å². The van der Waals surface area contributed by atoms with Crippen molar-refractivity contribution in [3.05, 3.63) is 65.2 Å². The molecule has 1 aromatic carbocycles. The van der Waals surface area contributed by atoms with Crippen LogP contribution in [-0.4, -0.2) is 39.4 Å². The Balaban J connectivity index is 1.78. The minimum Gasteiger partial charge on any atom is -0.497 e. The lowest BCUT2D eigenvalue weighted by atomic mass is 10.1. The fourth-order valence-corrected chi connectivity index (χ4v) is 4.07. The van der Waals surface area contributed by atoms with Crippen molar-refractivity contribution in [1.82, 2.24) is 19.9 Å². The summed E-state index contributed by atoms with van der Waals surface area (Å²) >= 11 is 6.27. The number of aromatic nitrogens is 3. The molecule has 2 N–H and O–H groups in total. The Labute approximate surface area is 218 Å². The van der Waals surface area contributed by atoms with Gasteiger partial charge in [-0.3, -0.25) is 4.57 Å². The number of nitrogens with zero attached hydrogens (tertiary/aromatic N) is 3. The first-order chi connectivity index (χ1) is 17.6. The average molecular weight is 530 g/mol. The second-order valence-electron chi connectivity index (χ2n) is 9.52. The van der Waals surface area contributed by atoms with E-state index in [1.54, 1.807) is 82.0 Å². The molecule has 1 atom stereocenters. The van der Waals surface area contributed by atoms with Gasteiger partial charge >= 0.3 is 6.09 Å². The number of anilines is 1. The monoisotopic (exact) mass is 529 g/mol. The molecule has 0 saturated heterocycles. The summed E-state index contributed by atoms with van der Waals surface area (Å²) < 4.78 is 33.8. The van der Waals surface area contributed by atoms with Gasteiger partial charge in [-0.05, 0) is 75.7 Å². The smallest absolute Gasteiger partial charge is 0.407 e. The first-order valence-corrected chi connectivity index (χ1v) is 12.1. The van der Waals surface area contributed by atoms with Gasteiger partial charge in [-0.25, -0.2) is 9.18 Å². The van der Waals surface area contributed by atoms with Gasteiger partial charge in [0, 0.05) is 18.2 Å². The summed E-state index contributed by atoms with van der Waals surface area (Å²) in [6.07, 6.45) is 1.11. The quantitative estimate of drug-likeness (QED) is 0.274. The summed E-state index contributed by atoms with van der Waals surface area (Å²) in [5.74, 6) is 0.997. The second kappa shape index (κ2) is 10.7. The molecule has 1 amide bonds. The molecule has 0 radical (unpaired) electrons. The Bertz CT molecular complexity index is 1380. The highest BCUT2D eigenvalue weighted by atomic mass is 35.5. The number of ether oxygens (including phenoxy) is 2. The number of furan rings is 1. The third-order valence-corrected chi connectivity index (χ3v) is 5.59. The van der Waals surface area contributed by atoms with Gasteiger partial charge in [0.2, 0.25) is 5.28 Å². The zero-order valence-electron chi connectivity index (χ0n) is 21.3. The number of amides is 1. The van der Waals surface area contributed by atoms with Gasteiger partial charge in [0.05, 0.1) is 31.0 Å². The van der Waals surface area contributed by atoms with Crippen LogP contribution in [0.25, 0.3) is 16.7 Å². The number of rotatable bonds is 8. The van der Waals surface area contributed by atoms with Gasteiger partial charge in [-0.15, -0.1) is 0 Å². The third kappa shape index (κ3) is 6.14. The van der Waals surface area contributed by atoms with Crippen molar-refractivity contribution in [2.24, 2.45) is 0 Å². The maximum absolute atomic E-state index is 16.2. The lowest BCUT2D eigenvalue weighted by molar-refractivity contribution is 0.0508. The minimum absolute atomic E-state index is 0.0480. The van der Waals surface area contributed by atoms with Gasteiger partial charge in [0.1, 0.15) is 22.9 Å². The molecule has 4 rings (SSSR count). The van der Waals surface area contributed by atoms with E-state index >= 15 is 4.39 Å². The van der Waals surface area contributed by atoms with Gasteiger partial charge in [0.25, 0.3) is 0 Å². The maximum Gasteiger partial charge on any atom is 0.407 e. The van der Waals surface area contributed by atoms with Crippen LogP contribution in [0.2, 0.25) is 5.28 Å². The summed E-state index contributed by atoms with van der Waals surface area (Å²) in [6, 6.07) is 10.2. The zero-order chi connectivity index (χ0) is 26.7. The van der Waals surface area contributed by atoms with E-state index in [0.29, 0.717) is 22.9 Å². The molecule has 0 aliphatic carbocycles. The number of hydrogen-bond acceptors (Lipinski definition) is 7. The molecule has 3 aromatic heterocycles. The average Bonchev–Trinajstić information content (AvgIpc) is 3.43. The van der Waals surface area contributed by atoms with Crippen LogP contribution in [-0.2, 0) is 17.7 Å². The normalized spacial score (nSPS) is 12.4. The van der Waals surface area contributed by atoms with Crippen LogP contribution in [0.15, 0.2) is 47.1 Å². The number of methoxy groups -OCH3 is 1. The lowest BCUT2D eigenvalue weighted by Gasteiger charge is -2.22. The molecule has 0 spiro atoms. The van der Waals surface area contributed by atoms with E-state index in [0.717, 1.165) is 0 Å². The Morgan fingerprint density at radius 3 is 2.57 bits per heavy atom. The SMILES string of the molecule is COc1ccc(-n2c(C[C@H](C)NC(=O)OC(C)(C)C)c(F)c3c(NCc4ccco4)nc(Cl)nc32)cc1. The number of fused-ring (bicyclic) bond motifs is 1. The van der Waals surface area contributed by atoms with Crippen molar-refractivity contribution in [2.45, 2.75) is 52.3 Å². The molecule has 9 nitrogen and oxygen atoms in total. The number of benzene rings is 1. The summed E-state index contributed by atoms with van der Waals surface area (Å²) in [5.41, 5.74) is 0.555. The first-order valence-electron chi connectivity index (χ1n) is 11.7. The van der Waals surface area contributed by atoms with E-state index in [1.165, 1.54) is 0 Å². The van der Waals surface area contributed by atoms with Crippen LogP contribution in [0.4, 0.5) is 15.0 Å². The largest absolute Gasteiger partial charge is 0.497 e. The number of carbonyl (C=O) groups is 1.